The van der Waals surface area contributed by atoms with Gasteiger partial charge in [0.2, 0.25) is 0 Å². The predicted molar refractivity (Wildman–Crippen MR) is 62.8 cm³/mol. The van der Waals surface area contributed by atoms with Crippen LogP contribution in [0.5, 0.6) is 0 Å². The number of aliphatic carboxylic acids is 1. The van der Waals surface area contributed by atoms with Gasteiger partial charge in [-0.25, -0.2) is 9.78 Å². The molecule has 8 nitrogen and oxygen atoms in total. The van der Waals surface area contributed by atoms with Crippen molar-refractivity contribution in [1.82, 2.24) is 25.8 Å². The lowest BCUT2D eigenvalue weighted by molar-refractivity contribution is -0.137. The Bertz CT molecular complexity index is 379. The molecule has 0 aliphatic heterocycles. The Morgan fingerprint density at radius 2 is 2.28 bits per heavy atom. The van der Waals surface area contributed by atoms with Gasteiger partial charge in [-0.3, -0.25) is 9.89 Å². The van der Waals surface area contributed by atoms with Crippen LogP contribution in [0.1, 0.15) is 38.1 Å². The van der Waals surface area contributed by atoms with Gasteiger partial charge in [-0.05, 0) is 19.8 Å². The summed E-state index contributed by atoms with van der Waals surface area (Å²) in [4.78, 5) is 25.6. The molecule has 0 saturated carbocycles. The van der Waals surface area contributed by atoms with Crippen LogP contribution in [0.3, 0.4) is 0 Å². The topological polar surface area (TPSA) is 120 Å². The minimum Gasteiger partial charge on any atom is -0.481 e. The first-order valence-electron chi connectivity index (χ1n) is 5.71. The second kappa shape index (κ2) is 7.25. The number of unbranched alkanes of at least 4 members (excludes halogenated alkanes) is 1. The van der Waals surface area contributed by atoms with E-state index in [4.69, 9.17) is 5.11 Å². The molecule has 0 aliphatic carbocycles. The summed E-state index contributed by atoms with van der Waals surface area (Å²) in [6.07, 6.45) is 2.68. The van der Waals surface area contributed by atoms with E-state index in [9.17, 15) is 9.59 Å². The zero-order valence-electron chi connectivity index (χ0n) is 10.1. The van der Waals surface area contributed by atoms with Crippen LogP contribution >= 0.6 is 0 Å². The number of aromatic amines is 1. The van der Waals surface area contributed by atoms with Crippen molar-refractivity contribution in [2.45, 2.75) is 32.2 Å². The Balaban J connectivity index is 2.12. The predicted octanol–water partition coefficient (Wildman–Crippen LogP) is 0.420. The molecular formula is C10H17N5O3. The quantitative estimate of drug-likeness (QED) is 0.526. The van der Waals surface area contributed by atoms with Gasteiger partial charge < -0.3 is 15.7 Å². The Morgan fingerprint density at radius 1 is 1.50 bits per heavy atom. The Labute approximate surface area is 104 Å². The highest BCUT2D eigenvalue weighted by Crippen LogP contribution is 2.03. The fourth-order valence-electron chi connectivity index (χ4n) is 1.34. The fourth-order valence-corrected chi connectivity index (χ4v) is 1.34. The largest absolute Gasteiger partial charge is 0.481 e. The third-order valence-corrected chi connectivity index (χ3v) is 2.29. The van der Waals surface area contributed by atoms with Crippen molar-refractivity contribution < 1.29 is 14.7 Å². The minimum absolute atomic E-state index is 0.123. The lowest BCUT2D eigenvalue weighted by atomic mass is 10.2. The second-order valence-corrected chi connectivity index (χ2v) is 3.84. The summed E-state index contributed by atoms with van der Waals surface area (Å²) >= 11 is 0. The number of aromatic nitrogens is 3. The van der Waals surface area contributed by atoms with Crippen molar-refractivity contribution in [2.75, 3.05) is 6.54 Å². The standard InChI is InChI=1S/C10H17N5O3/c1-7(9-12-6-13-15-9)14-10(18)11-5-3-2-4-8(16)17/h6-7H,2-5H2,1H3,(H,16,17)(H2,11,14,18)(H,12,13,15). The first-order valence-corrected chi connectivity index (χ1v) is 5.71. The van der Waals surface area contributed by atoms with E-state index in [1.165, 1.54) is 6.33 Å². The molecule has 1 heterocycles. The van der Waals surface area contributed by atoms with Crippen molar-refractivity contribution in [3.63, 3.8) is 0 Å². The lowest BCUT2D eigenvalue weighted by Gasteiger charge is -2.11. The lowest BCUT2D eigenvalue weighted by Crippen LogP contribution is -2.37. The fraction of sp³-hybridized carbons (Fsp3) is 0.600. The van der Waals surface area contributed by atoms with Crippen LogP contribution in [0.25, 0.3) is 0 Å². The summed E-state index contributed by atoms with van der Waals surface area (Å²) in [5, 5.41) is 20.1. The first kappa shape index (κ1) is 13.9. The summed E-state index contributed by atoms with van der Waals surface area (Å²) in [6.45, 7) is 2.23. The van der Waals surface area contributed by atoms with E-state index < -0.39 is 5.97 Å². The van der Waals surface area contributed by atoms with Gasteiger partial charge in [0.05, 0.1) is 6.04 Å². The molecule has 8 heteroatoms. The number of hydrogen-bond donors (Lipinski definition) is 4. The number of hydrogen-bond acceptors (Lipinski definition) is 4. The second-order valence-electron chi connectivity index (χ2n) is 3.84. The highest BCUT2D eigenvalue weighted by Gasteiger charge is 2.10. The van der Waals surface area contributed by atoms with Gasteiger partial charge in [0, 0.05) is 13.0 Å². The number of H-pyrrole nitrogens is 1. The minimum atomic E-state index is -0.821. The summed E-state index contributed by atoms with van der Waals surface area (Å²) in [5.74, 6) is -0.241. The van der Waals surface area contributed by atoms with Crippen molar-refractivity contribution in [3.05, 3.63) is 12.2 Å². The van der Waals surface area contributed by atoms with Gasteiger partial charge in [-0.2, -0.15) is 5.10 Å². The molecule has 1 unspecified atom stereocenters. The van der Waals surface area contributed by atoms with Crippen LogP contribution in [0.15, 0.2) is 6.33 Å². The van der Waals surface area contributed by atoms with Gasteiger partial charge in [0.15, 0.2) is 0 Å². The normalized spacial score (nSPS) is 11.8. The molecule has 0 saturated heterocycles. The third-order valence-electron chi connectivity index (χ3n) is 2.29. The molecule has 0 radical (unpaired) electrons. The van der Waals surface area contributed by atoms with E-state index >= 15 is 0 Å². The number of rotatable bonds is 7. The monoisotopic (exact) mass is 255 g/mol. The van der Waals surface area contributed by atoms with Crippen LogP contribution < -0.4 is 10.6 Å². The molecule has 1 aromatic rings. The van der Waals surface area contributed by atoms with E-state index in [-0.39, 0.29) is 18.5 Å². The van der Waals surface area contributed by atoms with Crippen LogP contribution in [0.2, 0.25) is 0 Å². The molecule has 100 valence electrons. The highest BCUT2D eigenvalue weighted by atomic mass is 16.4. The third kappa shape index (κ3) is 5.28. The van der Waals surface area contributed by atoms with E-state index in [1.807, 2.05) is 0 Å². The van der Waals surface area contributed by atoms with Crippen LogP contribution in [-0.4, -0.2) is 38.8 Å². The van der Waals surface area contributed by atoms with Crippen molar-refractivity contribution in [3.8, 4) is 0 Å². The van der Waals surface area contributed by atoms with Gasteiger partial charge in [0.25, 0.3) is 0 Å². The van der Waals surface area contributed by atoms with Gasteiger partial charge >= 0.3 is 12.0 Å². The zero-order valence-corrected chi connectivity index (χ0v) is 10.1. The number of carboxylic acids is 1. The van der Waals surface area contributed by atoms with Gasteiger partial charge in [-0.15, -0.1) is 0 Å². The summed E-state index contributed by atoms with van der Waals surface area (Å²) in [5.41, 5.74) is 0. The first-order chi connectivity index (χ1) is 8.59. The number of nitrogens with zero attached hydrogens (tertiary/aromatic N) is 2. The van der Waals surface area contributed by atoms with Crippen molar-refractivity contribution >= 4 is 12.0 Å². The molecule has 0 aliphatic rings. The number of carbonyl (C=O) groups excluding carboxylic acids is 1. The molecule has 18 heavy (non-hydrogen) atoms. The molecule has 2 amide bonds. The smallest absolute Gasteiger partial charge is 0.315 e. The summed E-state index contributed by atoms with van der Waals surface area (Å²) in [6, 6.07) is -0.569. The maximum absolute atomic E-state index is 11.4. The zero-order chi connectivity index (χ0) is 13.4. The SMILES string of the molecule is CC(NC(=O)NCCCCC(=O)O)c1ncn[nH]1. The van der Waals surface area contributed by atoms with E-state index in [0.29, 0.717) is 25.2 Å². The average Bonchev–Trinajstić information content (AvgIpc) is 2.81. The molecule has 1 atom stereocenters. The molecule has 0 aromatic carbocycles. The Hall–Kier alpha value is -2.12. The molecule has 1 rings (SSSR count). The van der Waals surface area contributed by atoms with Gasteiger partial charge in [0.1, 0.15) is 12.2 Å². The maximum atomic E-state index is 11.4. The van der Waals surface area contributed by atoms with E-state index in [0.717, 1.165) is 0 Å². The molecule has 4 N–H and O–H groups in total. The molecular weight excluding hydrogens is 238 g/mol. The summed E-state index contributed by atoms with van der Waals surface area (Å²) in [7, 11) is 0. The highest BCUT2D eigenvalue weighted by molar-refractivity contribution is 5.74. The van der Waals surface area contributed by atoms with Crippen LogP contribution in [0.4, 0.5) is 4.79 Å². The van der Waals surface area contributed by atoms with E-state index in [2.05, 4.69) is 25.8 Å². The average molecular weight is 255 g/mol. The van der Waals surface area contributed by atoms with Crippen LogP contribution in [-0.2, 0) is 4.79 Å². The van der Waals surface area contributed by atoms with Crippen LogP contribution in [0, 0.1) is 0 Å². The number of nitrogens with one attached hydrogen (secondary N) is 3. The van der Waals surface area contributed by atoms with Crippen molar-refractivity contribution in [1.29, 1.82) is 0 Å². The summed E-state index contributed by atoms with van der Waals surface area (Å²) < 4.78 is 0. The van der Waals surface area contributed by atoms with E-state index in [1.54, 1.807) is 6.92 Å². The molecule has 1 aromatic heterocycles. The molecule has 0 fully saturated rings. The number of amides is 2. The maximum Gasteiger partial charge on any atom is 0.315 e. The number of carboxylic acid groups (broad SMARTS) is 1. The Kier molecular flexibility index (Phi) is 5.62. The van der Waals surface area contributed by atoms with Crippen molar-refractivity contribution in [2.24, 2.45) is 0 Å². The number of carbonyl (C=O) groups is 2. The Morgan fingerprint density at radius 3 is 2.89 bits per heavy atom. The van der Waals surface area contributed by atoms with Gasteiger partial charge in [-0.1, -0.05) is 0 Å². The molecule has 0 bridgehead atoms. The number of urea groups is 1. The molecule has 0 spiro atoms.